The second-order valence-electron chi connectivity index (χ2n) is 9.38. The van der Waals surface area contributed by atoms with Gasteiger partial charge in [0.2, 0.25) is 0 Å². The summed E-state index contributed by atoms with van der Waals surface area (Å²) in [5, 5.41) is 13.3. The summed E-state index contributed by atoms with van der Waals surface area (Å²) in [6, 6.07) is 17.7. The molecule has 0 bridgehead atoms. The Morgan fingerprint density at radius 2 is 1.63 bits per heavy atom. The van der Waals surface area contributed by atoms with E-state index in [1.165, 1.54) is 0 Å². The molecule has 3 aromatic rings. The van der Waals surface area contributed by atoms with E-state index in [0.29, 0.717) is 44.2 Å². The summed E-state index contributed by atoms with van der Waals surface area (Å²) in [6.45, 7) is 6.26. The molecule has 3 aromatic carbocycles. The third-order valence-electron chi connectivity index (χ3n) is 7.13. The molecule has 8 heteroatoms. The molecule has 2 aliphatic rings. The van der Waals surface area contributed by atoms with Crippen LogP contribution in [0.25, 0.3) is 16.5 Å². The fourth-order valence-corrected chi connectivity index (χ4v) is 5.10. The maximum Gasteiger partial charge on any atom is 0.295 e. The number of morpholine rings is 1. The van der Waals surface area contributed by atoms with E-state index in [0.717, 1.165) is 35.2 Å². The highest BCUT2D eigenvalue weighted by Crippen LogP contribution is 2.40. The molecule has 5 rings (SSSR count). The number of aliphatic hydroxyl groups excluding tert-OH is 1. The fourth-order valence-electron chi connectivity index (χ4n) is 5.10. The van der Waals surface area contributed by atoms with Gasteiger partial charge in [-0.15, -0.1) is 0 Å². The molecular weight excluding hydrogens is 484 g/mol. The van der Waals surface area contributed by atoms with Crippen LogP contribution in [0.15, 0.2) is 66.2 Å². The number of hydrogen-bond acceptors (Lipinski definition) is 7. The molecule has 2 aliphatic heterocycles. The van der Waals surface area contributed by atoms with E-state index in [9.17, 15) is 14.7 Å². The maximum atomic E-state index is 13.4. The van der Waals surface area contributed by atoms with Gasteiger partial charge in [-0.1, -0.05) is 30.3 Å². The topological polar surface area (TPSA) is 88.5 Å². The van der Waals surface area contributed by atoms with E-state index in [1.807, 2.05) is 61.5 Å². The second kappa shape index (κ2) is 11.2. The Labute approximate surface area is 222 Å². The normalized spacial score (nSPS) is 19.7. The molecule has 1 atom stereocenters. The lowest BCUT2D eigenvalue weighted by Crippen LogP contribution is -2.42. The molecule has 2 fully saturated rings. The van der Waals surface area contributed by atoms with Crippen molar-refractivity contribution in [3.8, 4) is 11.5 Å². The van der Waals surface area contributed by atoms with Gasteiger partial charge in [0, 0.05) is 31.7 Å². The minimum atomic E-state index is -0.710. The number of carbonyl (C=O) groups is 2. The molecule has 1 unspecified atom stereocenters. The average molecular weight is 517 g/mol. The number of likely N-dealkylation sites (tertiary alicyclic amines) is 1. The van der Waals surface area contributed by atoms with Gasteiger partial charge in [0.1, 0.15) is 17.3 Å². The minimum absolute atomic E-state index is 0.0917. The zero-order valence-corrected chi connectivity index (χ0v) is 21.7. The predicted octanol–water partition coefficient (Wildman–Crippen LogP) is 4.00. The first-order valence-electron chi connectivity index (χ1n) is 12.9. The Morgan fingerprint density at radius 3 is 2.34 bits per heavy atom. The first kappa shape index (κ1) is 25.8. The highest BCUT2D eigenvalue weighted by Gasteiger charge is 2.46. The minimum Gasteiger partial charge on any atom is -0.507 e. The third-order valence-corrected chi connectivity index (χ3v) is 7.13. The van der Waals surface area contributed by atoms with Gasteiger partial charge in [-0.05, 0) is 53.6 Å². The molecule has 0 spiro atoms. The van der Waals surface area contributed by atoms with Gasteiger partial charge in [-0.2, -0.15) is 0 Å². The zero-order valence-electron chi connectivity index (χ0n) is 21.7. The van der Waals surface area contributed by atoms with Crippen molar-refractivity contribution in [2.75, 3.05) is 53.1 Å². The Hall–Kier alpha value is -3.88. The number of benzene rings is 3. The molecule has 0 saturated carbocycles. The van der Waals surface area contributed by atoms with Crippen LogP contribution in [0.3, 0.4) is 0 Å². The van der Waals surface area contributed by atoms with Crippen molar-refractivity contribution >= 4 is 28.2 Å². The molecule has 2 saturated heterocycles. The smallest absolute Gasteiger partial charge is 0.295 e. The van der Waals surface area contributed by atoms with Crippen molar-refractivity contribution in [2.45, 2.75) is 13.0 Å². The molecule has 2 heterocycles. The second-order valence-corrected chi connectivity index (χ2v) is 9.38. The molecule has 1 amide bonds. The van der Waals surface area contributed by atoms with Gasteiger partial charge in [0.25, 0.3) is 11.7 Å². The number of Topliss-reactive ketones (excluding diaryl/α,β-unsaturated/α-hetero) is 1. The summed E-state index contributed by atoms with van der Waals surface area (Å²) in [4.78, 5) is 30.5. The molecule has 8 nitrogen and oxygen atoms in total. The molecular formula is C30H32N2O6. The van der Waals surface area contributed by atoms with E-state index >= 15 is 0 Å². The van der Waals surface area contributed by atoms with Gasteiger partial charge < -0.3 is 24.2 Å². The van der Waals surface area contributed by atoms with Crippen molar-refractivity contribution < 1.29 is 28.9 Å². The summed E-state index contributed by atoms with van der Waals surface area (Å²) < 4.78 is 16.3. The quantitative estimate of drug-likeness (QED) is 0.275. The number of fused-ring (bicyclic) bond motifs is 1. The van der Waals surface area contributed by atoms with E-state index in [1.54, 1.807) is 18.1 Å². The number of aliphatic hydroxyl groups is 1. The Morgan fingerprint density at radius 1 is 0.947 bits per heavy atom. The van der Waals surface area contributed by atoms with Crippen LogP contribution in [0.1, 0.15) is 24.1 Å². The van der Waals surface area contributed by atoms with E-state index in [2.05, 4.69) is 4.90 Å². The summed E-state index contributed by atoms with van der Waals surface area (Å²) in [5.41, 5.74) is 1.31. The highest BCUT2D eigenvalue weighted by atomic mass is 16.5. The van der Waals surface area contributed by atoms with Crippen molar-refractivity contribution in [1.29, 1.82) is 0 Å². The van der Waals surface area contributed by atoms with Gasteiger partial charge in [-0.25, -0.2) is 0 Å². The Balaban J connectivity index is 1.54. The molecule has 0 radical (unpaired) electrons. The number of carbonyl (C=O) groups excluding carboxylic acids is 2. The SMILES string of the molecule is CCOc1ccc(C2/C(=C(\O)c3ccc4cc(OC)ccc4c3)C(=O)C(=O)N2CCN2CCOCC2)cc1. The lowest BCUT2D eigenvalue weighted by molar-refractivity contribution is -0.140. The Kier molecular flexibility index (Phi) is 7.62. The summed E-state index contributed by atoms with van der Waals surface area (Å²) >= 11 is 0. The van der Waals surface area contributed by atoms with Crippen molar-refractivity contribution in [1.82, 2.24) is 9.80 Å². The summed E-state index contributed by atoms with van der Waals surface area (Å²) in [7, 11) is 1.61. The lowest BCUT2D eigenvalue weighted by Gasteiger charge is -2.31. The van der Waals surface area contributed by atoms with Crippen LogP contribution in [0.5, 0.6) is 11.5 Å². The van der Waals surface area contributed by atoms with Gasteiger partial charge >= 0.3 is 0 Å². The lowest BCUT2D eigenvalue weighted by atomic mass is 9.94. The monoisotopic (exact) mass is 516 g/mol. The number of nitrogens with zero attached hydrogens (tertiary/aromatic N) is 2. The Bertz CT molecular complexity index is 1360. The standard InChI is InChI=1S/C30H32N2O6/c1-3-38-24-9-6-20(7-10-24)27-26(29(34)30(35)32(27)13-12-31-14-16-37-17-15-31)28(33)23-5-4-22-19-25(36-2)11-8-21(22)18-23/h4-11,18-19,27,33H,3,12-17H2,1-2H3/b28-26+. The van der Waals surface area contributed by atoms with Crippen LogP contribution < -0.4 is 9.47 Å². The number of ether oxygens (including phenoxy) is 3. The van der Waals surface area contributed by atoms with Crippen LogP contribution in [-0.4, -0.2) is 79.7 Å². The highest BCUT2D eigenvalue weighted by molar-refractivity contribution is 6.46. The fraction of sp³-hybridized carbons (Fsp3) is 0.333. The largest absolute Gasteiger partial charge is 0.507 e. The predicted molar refractivity (Wildman–Crippen MR) is 144 cm³/mol. The van der Waals surface area contributed by atoms with Crippen LogP contribution in [-0.2, 0) is 14.3 Å². The number of rotatable bonds is 8. The summed E-state index contributed by atoms with van der Waals surface area (Å²) in [6.07, 6.45) is 0. The number of amides is 1. The molecule has 1 N–H and O–H groups in total. The molecule has 0 aromatic heterocycles. The number of hydrogen-bond donors (Lipinski definition) is 1. The van der Waals surface area contributed by atoms with Crippen molar-refractivity contribution in [3.05, 3.63) is 77.4 Å². The van der Waals surface area contributed by atoms with Crippen LogP contribution in [0.2, 0.25) is 0 Å². The van der Waals surface area contributed by atoms with Gasteiger partial charge in [-0.3, -0.25) is 14.5 Å². The average Bonchev–Trinajstić information content (AvgIpc) is 3.21. The zero-order chi connectivity index (χ0) is 26.6. The third kappa shape index (κ3) is 5.10. The maximum absolute atomic E-state index is 13.4. The number of ketones is 1. The first-order valence-corrected chi connectivity index (χ1v) is 12.9. The number of methoxy groups -OCH3 is 1. The molecule has 0 aliphatic carbocycles. The van der Waals surface area contributed by atoms with E-state index < -0.39 is 17.7 Å². The van der Waals surface area contributed by atoms with Crippen molar-refractivity contribution in [2.24, 2.45) is 0 Å². The van der Waals surface area contributed by atoms with Gasteiger partial charge in [0.05, 0.1) is 38.5 Å². The molecule has 198 valence electrons. The van der Waals surface area contributed by atoms with Crippen LogP contribution in [0, 0.1) is 0 Å². The van der Waals surface area contributed by atoms with E-state index in [4.69, 9.17) is 14.2 Å². The molecule has 38 heavy (non-hydrogen) atoms. The van der Waals surface area contributed by atoms with Crippen LogP contribution in [0.4, 0.5) is 0 Å². The van der Waals surface area contributed by atoms with Gasteiger partial charge in [0.15, 0.2) is 0 Å². The first-order chi connectivity index (χ1) is 18.5. The van der Waals surface area contributed by atoms with Crippen LogP contribution >= 0.6 is 0 Å². The van der Waals surface area contributed by atoms with Crippen molar-refractivity contribution in [3.63, 3.8) is 0 Å². The van der Waals surface area contributed by atoms with E-state index in [-0.39, 0.29) is 11.3 Å². The summed E-state index contributed by atoms with van der Waals surface area (Å²) in [5.74, 6) is -0.0430.